The Bertz CT molecular complexity index is 867. The molecule has 5 N–H and O–H groups in total. The molecule has 9 nitrogen and oxygen atoms in total. The number of unbranched alkanes of at least 4 members (excludes halogenated alkanes) is 1. The predicted molar refractivity (Wildman–Crippen MR) is 139 cm³/mol. The molecule has 0 aliphatic heterocycles. The molecule has 0 aromatic heterocycles. The van der Waals surface area contributed by atoms with Gasteiger partial charge in [-0.1, -0.05) is 26.0 Å². The number of sulfonamides is 1. The average molecular weight is 536 g/mol. The maximum Gasteiger partial charge on any atom is 0.255 e. The maximum absolute atomic E-state index is 12.9. The van der Waals surface area contributed by atoms with Gasteiger partial charge in [0.1, 0.15) is 5.75 Å². The Morgan fingerprint density at radius 3 is 2.46 bits per heavy atom. The second-order valence-electron chi connectivity index (χ2n) is 9.32. The molecule has 202 valence electrons. The fourth-order valence-corrected chi connectivity index (χ4v) is 4.97. The standard InChI is InChI=1S/C24H41N3O6S.ClH/c1-17(2)18(14-21(25)22(28)16-27-34(30,31)19-10-11-19)15-26-24(29)20-8-4-5-9-23(20)33-13-7-6-12-32-3;/h4-5,8-9,17-19,21-22,27-28H,6-7,10-16,25H2,1-3H3,(H,26,29);1H/t18-,21+,22+;/m1./s1. The molecule has 3 atom stereocenters. The first kappa shape index (κ1) is 31.6. The first-order valence-electron chi connectivity index (χ1n) is 12.1. The van der Waals surface area contributed by atoms with E-state index in [0.717, 1.165) is 12.8 Å². The normalized spacial score (nSPS) is 16.3. The van der Waals surface area contributed by atoms with E-state index in [0.29, 0.717) is 50.3 Å². The fourth-order valence-electron chi connectivity index (χ4n) is 3.58. The topological polar surface area (TPSA) is 140 Å². The van der Waals surface area contributed by atoms with E-state index in [1.165, 1.54) is 0 Å². The minimum atomic E-state index is -3.37. The third-order valence-electron chi connectivity index (χ3n) is 6.13. The van der Waals surface area contributed by atoms with E-state index in [2.05, 4.69) is 10.0 Å². The van der Waals surface area contributed by atoms with Crippen LogP contribution >= 0.6 is 12.4 Å². The SMILES string of the molecule is COCCCCOc1ccccc1C(=O)NC[C@@H](C[C@H](N)[C@@H](O)CNS(=O)(=O)C1CC1)C(C)C.Cl. The number of aliphatic hydroxyl groups is 1. The van der Waals surface area contributed by atoms with Gasteiger partial charge in [-0.15, -0.1) is 12.4 Å². The minimum absolute atomic E-state index is 0. The van der Waals surface area contributed by atoms with Gasteiger partial charge in [-0.3, -0.25) is 4.79 Å². The molecular formula is C24H42ClN3O6S. The molecule has 35 heavy (non-hydrogen) atoms. The number of hydrogen-bond acceptors (Lipinski definition) is 7. The van der Waals surface area contributed by atoms with Crippen LogP contribution in [-0.4, -0.2) is 70.2 Å². The molecule has 1 saturated carbocycles. The van der Waals surface area contributed by atoms with Crippen molar-refractivity contribution in [3.63, 3.8) is 0 Å². The highest BCUT2D eigenvalue weighted by Crippen LogP contribution is 2.27. The Balaban J connectivity index is 0.00000612. The van der Waals surface area contributed by atoms with Gasteiger partial charge in [0.25, 0.3) is 5.91 Å². The number of para-hydroxylation sites is 1. The van der Waals surface area contributed by atoms with Crippen molar-refractivity contribution < 1.29 is 27.8 Å². The van der Waals surface area contributed by atoms with Crippen LogP contribution in [0, 0.1) is 11.8 Å². The summed E-state index contributed by atoms with van der Waals surface area (Å²) < 4.78 is 37.3. The van der Waals surface area contributed by atoms with Crippen molar-refractivity contribution >= 4 is 28.3 Å². The van der Waals surface area contributed by atoms with E-state index >= 15 is 0 Å². The second-order valence-corrected chi connectivity index (χ2v) is 11.4. The van der Waals surface area contributed by atoms with E-state index in [1.807, 2.05) is 19.9 Å². The van der Waals surface area contributed by atoms with Crippen molar-refractivity contribution in [1.29, 1.82) is 0 Å². The van der Waals surface area contributed by atoms with Gasteiger partial charge in [-0.05, 0) is 56.1 Å². The van der Waals surface area contributed by atoms with Crippen LogP contribution in [0.4, 0.5) is 0 Å². The average Bonchev–Trinajstić information content (AvgIpc) is 3.66. The summed E-state index contributed by atoms with van der Waals surface area (Å²) in [5.41, 5.74) is 6.65. The molecule has 0 unspecified atom stereocenters. The maximum atomic E-state index is 12.9. The molecule has 1 aliphatic rings. The largest absolute Gasteiger partial charge is 0.493 e. The highest BCUT2D eigenvalue weighted by molar-refractivity contribution is 7.90. The van der Waals surface area contributed by atoms with Crippen molar-refractivity contribution in [1.82, 2.24) is 10.0 Å². The van der Waals surface area contributed by atoms with E-state index in [9.17, 15) is 18.3 Å². The molecule has 1 aromatic rings. The van der Waals surface area contributed by atoms with Gasteiger partial charge in [0, 0.05) is 32.8 Å². The van der Waals surface area contributed by atoms with E-state index in [4.69, 9.17) is 15.2 Å². The van der Waals surface area contributed by atoms with Gasteiger partial charge >= 0.3 is 0 Å². The molecule has 11 heteroatoms. The van der Waals surface area contributed by atoms with Crippen LogP contribution < -0.4 is 20.5 Å². The summed E-state index contributed by atoms with van der Waals surface area (Å²) in [6.45, 7) is 5.51. The highest BCUT2D eigenvalue weighted by Gasteiger charge is 2.36. The monoisotopic (exact) mass is 535 g/mol. The van der Waals surface area contributed by atoms with Crippen LogP contribution in [0.2, 0.25) is 0 Å². The Kier molecular flexibility index (Phi) is 14.1. The lowest BCUT2D eigenvalue weighted by atomic mass is 9.87. The van der Waals surface area contributed by atoms with Crippen LogP contribution in [0.1, 0.15) is 56.3 Å². The molecule has 2 rings (SSSR count). The number of hydrogen-bond donors (Lipinski definition) is 4. The summed E-state index contributed by atoms with van der Waals surface area (Å²) in [5, 5.41) is 13.0. The van der Waals surface area contributed by atoms with Crippen LogP contribution in [-0.2, 0) is 14.8 Å². The number of rotatable bonds is 17. The smallest absolute Gasteiger partial charge is 0.255 e. The molecule has 1 aromatic carbocycles. The van der Waals surface area contributed by atoms with Gasteiger partial charge in [-0.25, -0.2) is 13.1 Å². The zero-order valence-electron chi connectivity index (χ0n) is 20.9. The van der Waals surface area contributed by atoms with Crippen molar-refractivity contribution in [3.05, 3.63) is 29.8 Å². The third-order valence-corrected chi connectivity index (χ3v) is 8.04. The van der Waals surface area contributed by atoms with Crippen LogP contribution in [0.5, 0.6) is 5.75 Å². The number of amides is 1. The summed E-state index contributed by atoms with van der Waals surface area (Å²) in [5.74, 6) is 0.516. The van der Waals surface area contributed by atoms with Gasteiger partial charge in [0.2, 0.25) is 10.0 Å². The van der Waals surface area contributed by atoms with E-state index in [-0.39, 0.29) is 41.9 Å². The highest BCUT2D eigenvalue weighted by atomic mass is 35.5. The number of nitrogens with two attached hydrogens (primary N) is 1. The van der Waals surface area contributed by atoms with E-state index < -0.39 is 22.2 Å². The lowest BCUT2D eigenvalue weighted by molar-refractivity contribution is 0.0928. The van der Waals surface area contributed by atoms with E-state index in [1.54, 1.807) is 25.3 Å². The van der Waals surface area contributed by atoms with Gasteiger partial charge in [0.05, 0.1) is 23.5 Å². The van der Waals surface area contributed by atoms with Crippen molar-refractivity contribution in [2.24, 2.45) is 17.6 Å². The van der Waals surface area contributed by atoms with Crippen molar-refractivity contribution in [2.75, 3.05) is 33.4 Å². The first-order valence-corrected chi connectivity index (χ1v) is 13.6. The number of carbonyl (C=O) groups is 1. The summed E-state index contributed by atoms with van der Waals surface area (Å²) in [6, 6.07) is 6.51. The summed E-state index contributed by atoms with van der Waals surface area (Å²) >= 11 is 0. The Labute approximate surface area is 216 Å². The molecule has 1 amide bonds. The number of aliphatic hydroxyl groups excluding tert-OH is 1. The zero-order chi connectivity index (χ0) is 25.1. The Morgan fingerprint density at radius 2 is 1.83 bits per heavy atom. The summed E-state index contributed by atoms with van der Waals surface area (Å²) in [7, 11) is -1.71. The lowest BCUT2D eigenvalue weighted by Gasteiger charge is -2.27. The van der Waals surface area contributed by atoms with Crippen LogP contribution in [0.25, 0.3) is 0 Å². The lowest BCUT2D eigenvalue weighted by Crippen LogP contribution is -2.46. The molecule has 0 radical (unpaired) electrons. The first-order chi connectivity index (χ1) is 16.2. The third kappa shape index (κ3) is 11.0. The van der Waals surface area contributed by atoms with Crippen LogP contribution in [0.3, 0.4) is 0 Å². The number of nitrogens with one attached hydrogen (secondary N) is 2. The van der Waals surface area contributed by atoms with Gasteiger partial charge in [-0.2, -0.15) is 0 Å². The van der Waals surface area contributed by atoms with Gasteiger partial charge < -0.3 is 25.6 Å². The number of carbonyl (C=O) groups excluding carboxylic acids is 1. The molecule has 0 spiro atoms. The van der Waals surface area contributed by atoms with Crippen molar-refractivity contribution in [3.8, 4) is 5.75 Å². The number of halogens is 1. The zero-order valence-corrected chi connectivity index (χ0v) is 22.6. The van der Waals surface area contributed by atoms with Crippen LogP contribution in [0.15, 0.2) is 24.3 Å². The second kappa shape index (κ2) is 15.6. The quantitative estimate of drug-likeness (QED) is 0.224. The van der Waals surface area contributed by atoms with Gasteiger partial charge in [0.15, 0.2) is 0 Å². The molecular weight excluding hydrogens is 494 g/mol. The van der Waals surface area contributed by atoms with Crippen molar-refractivity contribution in [2.45, 2.75) is 63.3 Å². The summed E-state index contributed by atoms with van der Waals surface area (Å²) in [6.07, 6.45) is 2.48. The molecule has 0 heterocycles. The molecule has 0 saturated heterocycles. The molecule has 0 bridgehead atoms. The minimum Gasteiger partial charge on any atom is -0.493 e. The number of ether oxygens (including phenoxy) is 2. The molecule has 1 aliphatic carbocycles. The fraction of sp³-hybridized carbons (Fsp3) is 0.708. The summed E-state index contributed by atoms with van der Waals surface area (Å²) in [4.78, 5) is 12.9. The Morgan fingerprint density at radius 1 is 1.17 bits per heavy atom. The predicted octanol–water partition coefficient (Wildman–Crippen LogP) is 2.08. The number of methoxy groups -OCH3 is 1. The molecule has 1 fully saturated rings. The number of benzene rings is 1. The Hall–Kier alpha value is -1.43.